The van der Waals surface area contributed by atoms with Gasteiger partial charge in [-0.15, -0.1) is 0 Å². The number of likely N-dealkylation sites (tertiary alicyclic amines) is 1. The van der Waals surface area contributed by atoms with Crippen LogP contribution in [0.3, 0.4) is 0 Å². The number of hydrogen-bond acceptors (Lipinski definition) is 3. The van der Waals surface area contributed by atoms with Crippen LogP contribution >= 0.6 is 0 Å². The van der Waals surface area contributed by atoms with Gasteiger partial charge in [-0.1, -0.05) is 18.2 Å². The van der Waals surface area contributed by atoms with Gasteiger partial charge in [0.2, 0.25) is 0 Å². The van der Waals surface area contributed by atoms with E-state index in [-0.39, 0.29) is 5.92 Å². The van der Waals surface area contributed by atoms with Gasteiger partial charge in [0.15, 0.2) is 0 Å². The largest absolute Gasteiger partial charge is 0.298 e. The van der Waals surface area contributed by atoms with Crippen LogP contribution in [0.5, 0.6) is 0 Å². The summed E-state index contributed by atoms with van der Waals surface area (Å²) in [6.07, 6.45) is 5.91. The second-order valence-electron chi connectivity index (χ2n) is 5.28. The highest BCUT2D eigenvalue weighted by Gasteiger charge is 2.20. The third-order valence-corrected chi connectivity index (χ3v) is 3.82. The molecule has 0 saturated carbocycles. The van der Waals surface area contributed by atoms with Crippen molar-refractivity contribution in [3.63, 3.8) is 0 Å². The fourth-order valence-electron chi connectivity index (χ4n) is 2.82. The van der Waals surface area contributed by atoms with E-state index in [0.717, 1.165) is 38.2 Å². The molecule has 2 aromatic rings. The minimum absolute atomic E-state index is 0.181. The molecular weight excluding hydrogens is 248 g/mol. The Balaban J connectivity index is 1.79. The Kier molecular flexibility index (Phi) is 3.80. The van der Waals surface area contributed by atoms with Crippen molar-refractivity contribution in [3.05, 3.63) is 48.3 Å². The second kappa shape index (κ2) is 5.89. The molecule has 1 aromatic carbocycles. The van der Waals surface area contributed by atoms with E-state index < -0.39 is 0 Å². The number of nitrogens with zero attached hydrogens (tertiary/aromatic N) is 4. The SMILES string of the molecule is N#CC1CCCN(Cc2ccccc2-n2cccn2)C1. The van der Waals surface area contributed by atoms with E-state index in [1.54, 1.807) is 6.20 Å². The number of hydrogen-bond donors (Lipinski definition) is 0. The Labute approximate surface area is 119 Å². The Hall–Kier alpha value is -2.12. The van der Waals surface area contributed by atoms with Gasteiger partial charge in [0.05, 0.1) is 17.7 Å². The maximum absolute atomic E-state index is 9.09. The van der Waals surface area contributed by atoms with E-state index in [1.807, 2.05) is 23.0 Å². The first-order valence-electron chi connectivity index (χ1n) is 7.07. The van der Waals surface area contributed by atoms with Gasteiger partial charge in [-0.05, 0) is 37.1 Å². The van der Waals surface area contributed by atoms with Crippen molar-refractivity contribution in [1.29, 1.82) is 5.26 Å². The molecule has 2 heterocycles. The summed E-state index contributed by atoms with van der Waals surface area (Å²) in [7, 11) is 0. The third-order valence-electron chi connectivity index (χ3n) is 3.82. The molecule has 20 heavy (non-hydrogen) atoms. The molecule has 0 bridgehead atoms. The molecule has 0 radical (unpaired) electrons. The van der Waals surface area contributed by atoms with E-state index in [9.17, 15) is 0 Å². The summed E-state index contributed by atoms with van der Waals surface area (Å²) in [5, 5.41) is 13.4. The predicted molar refractivity (Wildman–Crippen MR) is 77.2 cm³/mol. The summed E-state index contributed by atoms with van der Waals surface area (Å²) in [5.74, 6) is 0.181. The van der Waals surface area contributed by atoms with E-state index in [1.165, 1.54) is 5.56 Å². The first-order valence-corrected chi connectivity index (χ1v) is 7.07. The Morgan fingerprint density at radius 2 is 2.20 bits per heavy atom. The smallest absolute Gasteiger partial charge is 0.0690 e. The van der Waals surface area contributed by atoms with Crippen molar-refractivity contribution < 1.29 is 0 Å². The summed E-state index contributed by atoms with van der Waals surface area (Å²) in [4.78, 5) is 2.37. The molecule has 4 nitrogen and oxygen atoms in total. The summed E-state index contributed by atoms with van der Waals surface area (Å²) in [5.41, 5.74) is 2.38. The van der Waals surface area contributed by atoms with Crippen LogP contribution in [0.25, 0.3) is 5.69 Å². The van der Waals surface area contributed by atoms with Crippen molar-refractivity contribution in [2.45, 2.75) is 19.4 Å². The van der Waals surface area contributed by atoms with Crippen LogP contribution in [-0.4, -0.2) is 27.8 Å². The Morgan fingerprint density at radius 3 is 3.00 bits per heavy atom. The lowest BCUT2D eigenvalue weighted by Crippen LogP contribution is -2.34. The second-order valence-corrected chi connectivity index (χ2v) is 5.28. The molecule has 0 N–H and O–H groups in total. The van der Waals surface area contributed by atoms with Gasteiger partial charge in [0.1, 0.15) is 0 Å². The maximum Gasteiger partial charge on any atom is 0.0690 e. The van der Waals surface area contributed by atoms with Gasteiger partial charge in [-0.2, -0.15) is 10.4 Å². The molecule has 1 unspecified atom stereocenters. The molecule has 1 saturated heterocycles. The minimum atomic E-state index is 0.181. The monoisotopic (exact) mass is 266 g/mol. The molecule has 1 fully saturated rings. The first-order chi connectivity index (χ1) is 9.86. The summed E-state index contributed by atoms with van der Waals surface area (Å²) in [6.45, 7) is 2.84. The van der Waals surface area contributed by atoms with E-state index in [2.05, 4.69) is 34.3 Å². The van der Waals surface area contributed by atoms with Crippen LogP contribution in [0, 0.1) is 17.2 Å². The van der Waals surface area contributed by atoms with Gasteiger partial charge in [-0.3, -0.25) is 4.90 Å². The zero-order valence-electron chi connectivity index (χ0n) is 11.4. The third kappa shape index (κ3) is 2.73. The van der Waals surface area contributed by atoms with E-state index in [4.69, 9.17) is 5.26 Å². The fraction of sp³-hybridized carbons (Fsp3) is 0.375. The van der Waals surface area contributed by atoms with Gasteiger partial charge < -0.3 is 0 Å². The molecule has 1 aliphatic rings. The van der Waals surface area contributed by atoms with Crippen LogP contribution in [0.15, 0.2) is 42.7 Å². The molecule has 0 aliphatic carbocycles. The molecule has 1 aromatic heterocycles. The maximum atomic E-state index is 9.09. The lowest BCUT2D eigenvalue weighted by molar-refractivity contribution is 0.192. The fourth-order valence-corrected chi connectivity index (χ4v) is 2.82. The summed E-state index contributed by atoms with van der Waals surface area (Å²) >= 11 is 0. The number of piperidine rings is 1. The highest BCUT2D eigenvalue weighted by atomic mass is 15.3. The molecule has 0 spiro atoms. The highest BCUT2D eigenvalue weighted by molar-refractivity contribution is 5.40. The molecular formula is C16H18N4. The van der Waals surface area contributed by atoms with Crippen molar-refractivity contribution >= 4 is 0 Å². The molecule has 1 atom stereocenters. The van der Waals surface area contributed by atoms with Crippen LogP contribution in [0.4, 0.5) is 0 Å². The number of para-hydroxylation sites is 1. The van der Waals surface area contributed by atoms with E-state index in [0.29, 0.717) is 0 Å². The first kappa shape index (κ1) is 12.9. The van der Waals surface area contributed by atoms with Crippen LogP contribution in [-0.2, 0) is 6.54 Å². The molecule has 1 aliphatic heterocycles. The van der Waals surface area contributed by atoms with Crippen LogP contribution in [0.1, 0.15) is 18.4 Å². The average molecular weight is 266 g/mol. The highest BCUT2D eigenvalue weighted by Crippen LogP contribution is 2.21. The lowest BCUT2D eigenvalue weighted by atomic mass is 9.99. The van der Waals surface area contributed by atoms with Crippen molar-refractivity contribution in [3.8, 4) is 11.8 Å². The van der Waals surface area contributed by atoms with Gasteiger partial charge in [0, 0.05) is 25.5 Å². The lowest BCUT2D eigenvalue weighted by Gasteiger charge is -2.30. The van der Waals surface area contributed by atoms with E-state index >= 15 is 0 Å². The number of aromatic nitrogens is 2. The van der Waals surface area contributed by atoms with Crippen molar-refractivity contribution in [2.75, 3.05) is 13.1 Å². The van der Waals surface area contributed by atoms with Crippen LogP contribution in [0.2, 0.25) is 0 Å². The molecule has 3 rings (SSSR count). The number of benzene rings is 1. The topological polar surface area (TPSA) is 44.9 Å². The van der Waals surface area contributed by atoms with Gasteiger partial charge in [-0.25, -0.2) is 4.68 Å². The predicted octanol–water partition coefficient (Wildman–Crippen LogP) is 2.61. The quantitative estimate of drug-likeness (QED) is 0.857. The van der Waals surface area contributed by atoms with Crippen molar-refractivity contribution in [1.82, 2.24) is 14.7 Å². The van der Waals surface area contributed by atoms with Gasteiger partial charge >= 0.3 is 0 Å². The van der Waals surface area contributed by atoms with Crippen molar-refractivity contribution in [2.24, 2.45) is 5.92 Å². The molecule has 0 amide bonds. The average Bonchev–Trinajstić information content (AvgIpc) is 3.02. The number of rotatable bonds is 3. The standard InChI is InChI=1S/C16H18N4/c17-11-14-5-3-9-19(12-14)13-15-6-1-2-7-16(15)20-10-4-8-18-20/h1-2,4,6-8,10,14H,3,5,9,12-13H2. The number of nitriles is 1. The van der Waals surface area contributed by atoms with Crippen LogP contribution < -0.4 is 0 Å². The Morgan fingerprint density at radius 1 is 1.30 bits per heavy atom. The zero-order valence-corrected chi connectivity index (χ0v) is 11.4. The molecule has 102 valence electrons. The molecule has 4 heteroatoms. The summed E-state index contributed by atoms with van der Waals surface area (Å²) < 4.78 is 1.90. The minimum Gasteiger partial charge on any atom is -0.298 e. The Bertz CT molecular complexity index is 597. The summed E-state index contributed by atoms with van der Waals surface area (Å²) in [6, 6.07) is 12.7. The van der Waals surface area contributed by atoms with Gasteiger partial charge in [0.25, 0.3) is 0 Å². The normalized spacial score (nSPS) is 19.6. The zero-order chi connectivity index (χ0) is 13.8.